The molecule has 0 aliphatic rings. The molecule has 0 fully saturated rings. The number of nitrogens with zero attached hydrogens (tertiary/aromatic N) is 3. The van der Waals surface area contributed by atoms with Crippen molar-refractivity contribution in [3.8, 4) is 21.6 Å². The number of aromatic nitrogens is 3. The second-order valence-corrected chi connectivity index (χ2v) is 7.21. The number of rotatable bonds is 8. The molecule has 0 amide bonds. The minimum absolute atomic E-state index is 0.00765. The molecule has 0 saturated heterocycles. The lowest BCUT2D eigenvalue weighted by atomic mass is 10.00. The predicted molar refractivity (Wildman–Crippen MR) is 112 cm³/mol. The molecule has 0 radical (unpaired) electrons. The van der Waals surface area contributed by atoms with Gasteiger partial charge in [-0.25, -0.2) is 14.4 Å². The maximum absolute atomic E-state index is 13.5. The number of nitrogens with one attached hydrogen (secondary N) is 1. The molecule has 0 saturated carbocycles. The number of aliphatic hydroxyl groups excluding tert-OH is 1. The molecule has 8 heteroatoms. The highest BCUT2D eigenvalue weighted by Gasteiger charge is 2.20. The van der Waals surface area contributed by atoms with Gasteiger partial charge in [0.25, 0.3) is 0 Å². The SMILES string of the molecule is OCCOCCNc1ncnc2sc(-c3ccncc3)c(-c3ccc(F)cc3)c12. The van der Waals surface area contributed by atoms with E-state index < -0.39 is 0 Å². The summed E-state index contributed by atoms with van der Waals surface area (Å²) in [6.07, 6.45) is 5.02. The molecule has 3 aromatic heterocycles. The van der Waals surface area contributed by atoms with Crippen molar-refractivity contribution >= 4 is 27.4 Å². The lowest BCUT2D eigenvalue weighted by Gasteiger charge is -2.10. The lowest BCUT2D eigenvalue weighted by Crippen LogP contribution is -2.12. The van der Waals surface area contributed by atoms with Crippen LogP contribution in [0.5, 0.6) is 0 Å². The van der Waals surface area contributed by atoms with E-state index in [2.05, 4.69) is 20.3 Å². The van der Waals surface area contributed by atoms with E-state index in [-0.39, 0.29) is 12.4 Å². The minimum atomic E-state index is -0.283. The Bertz CT molecular complexity index is 1090. The smallest absolute Gasteiger partial charge is 0.138 e. The molecular formula is C21H19FN4O2S. The summed E-state index contributed by atoms with van der Waals surface area (Å²) in [6.45, 7) is 1.27. The van der Waals surface area contributed by atoms with Crippen LogP contribution in [0.1, 0.15) is 0 Å². The third kappa shape index (κ3) is 4.24. The Balaban J connectivity index is 1.82. The number of hydrogen-bond acceptors (Lipinski definition) is 7. The summed E-state index contributed by atoms with van der Waals surface area (Å²) in [4.78, 5) is 14.9. The van der Waals surface area contributed by atoms with Crippen molar-refractivity contribution in [2.75, 3.05) is 31.7 Å². The van der Waals surface area contributed by atoms with Gasteiger partial charge >= 0.3 is 0 Å². The van der Waals surface area contributed by atoms with Crippen LogP contribution in [0.25, 0.3) is 31.8 Å². The Labute approximate surface area is 171 Å². The van der Waals surface area contributed by atoms with E-state index in [1.54, 1.807) is 35.9 Å². The van der Waals surface area contributed by atoms with E-state index >= 15 is 0 Å². The van der Waals surface area contributed by atoms with E-state index in [4.69, 9.17) is 9.84 Å². The molecule has 0 bridgehead atoms. The highest BCUT2D eigenvalue weighted by molar-refractivity contribution is 7.22. The molecule has 0 unspecified atom stereocenters. The average Bonchev–Trinajstić information content (AvgIpc) is 3.15. The van der Waals surface area contributed by atoms with Crippen molar-refractivity contribution < 1.29 is 14.2 Å². The average molecular weight is 410 g/mol. The number of fused-ring (bicyclic) bond motifs is 1. The number of anilines is 1. The molecule has 2 N–H and O–H groups in total. The summed E-state index contributed by atoms with van der Waals surface area (Å²) in [5.74, 6) is 0.410. The zero-order valence-electron chi connectivity index (χ0n) is 15.5. The van der Waals surface area contributed by atoms with Gasteiger partial charge in [-0.3, -0.25) is 4.98 Å². The topological polar surface area (TPSA) is 80.2 Å². The third-order valence-electron chi connectivity index (χ3n) is 4.34. The van der Waals surface area contributed by atoms with Crippen LogP contribution in [0.4, 0.5) is 10.2 Å². The van der Waals surface area contributed by atoms with E-state index in [0.29, 0.717) is 25.6 Å². The number of ether oxygens (including phenoxy) is 1. The fourth-order valence-electron chi connectivity index (χ4n) is 3.07. The normalized spacial score (nSPS) is 11.1. The van der Waals surface area contributed by atoms with Crippen LogP contribution in [-0.2, 0) is 4.74 Å². The van der Waals surface area contributed by atoms with Crippen molar-refractivity contribution in [3.63, 3.8) is 0 Å². The van der Waals surface area contributed by atoms with E-state index in [0.717, 1.165) is 31.8 Å². The molecule has 3 heterocycles. The maximum Gasteiger partial charge on any atom is 0.138 e. The van der Waals surface area contributed by atoms with Crippen LogP contribution in [0.3, 0.4) is 0 Å². The van der Waals surface area contributed by atoms with Gasteiger partial charge < -0.3 is 15.2 Å². The molecule has 0 atom stereocenters. The summed E-state index contributed by atoms with van der Waals surface area (Å²) < 4.78 is 18.9. The maximum atomic E-state index is 13.5. The highest BCUT2D eigenvalue weighted by Crippen LogP contribution is 2.45. The van der Waals surface area contributed by atoms with Crippen LogP contribution in [0.2, 0.25) is 0 Å². The molecular weight excluding hydrogens is 391 g/mol. The lowest BCUT2D eigenvalue weighted by molar-refractivity contribution is 0.0992. The first-order valence-electron chi connectivity index (χ1n) is 9.14. The first-order valence-corrected chi connectivity index (χ1v) is 9.96. The third-order valence-corrected chi connectivity index (χ3v) is 5.49. The van der Waals surface area contributed by atoms with Gasteiger partial charge in [-0.15, -0.1) is 11.3 Å². The highest BCUT2D eigenvalue weighted by atomic mass is 32.1. The van der Waals surface area contributed by atoms with Crippen LogP contribution in [-0.4, -0.2) is 46.4 Å². The van der Waals surface area contributed by atoms with Gasteiger partial charge in [-0.1, -0.05) is 12.1 Å². The fourth-order valence-corrected chi connectivity index (χ4v) is 4.24. The number of aliphatic hydroxyl groups is 1. The second kappa shape index (κ2) is 9.04. The van der Waals surface area contributed by atoms with Crippen molar-refractivity contribution in [2.45, 2.75) is 0 Å². The quantitative estimate of drug-likeness (QED) is 0.428. The summed E-state index contributed by atoms with van der Waals surface area (Å²) in [5.41, 5.74) is 2.86. The zero-order chi connectivity index (χ0) is 20.1. The van der Waals surface area contributed by atoms with Gasteiger partial charge in [-0.05, 0) is 35.4 Å². The Morgan fingerprint density at radius 2 is 1.79 bits per heavy atom. The largest absolute Gasteiger partial charge is 0.394 e. The van der Waals surface area contributed by atoms with E-state index in [9.17, 15) is 4.39 Å². The molecule has 0 aliphatic carbocycles. The summed E-state index contributed by atoms with van der Waals surface area (Å²) in [6, 6.07) is 10.3. The van der Waals surface area contributed by atoms with Crippen molar-refractivity contribution in [2.24, 2.45) is 0 Å². The zero-order valence-corrected chi connectivity index (χ0v) is 16.3. The van der Waals surface area contributed by atoms with Crippen molar-refractivity contribution in [1.29, 1.82) is 0 Å². The van der Waals surface area contributed by atoms with Crippen LogP contribution in [0, 0.1) is 5.82 Å². The number of benzene rings is 1. The Hall–Kier alpha value is -2.94. The van der Waals surface area contributed by atoms with Crippen LogP contribution >= 0.6 is 11.3 Å². The van der Waals surface area contributed by atoms with Crippen molar-refractivity contribution in [3.05, 3.63) is 60.9 Å². The Morgan fingerprint density at radius 3 is 2.55 bits per heavy atom. The second-order valence-electron chi connectivity index (χ2n) is 6.21. The Morgan fingerprint density at radius 1 is 1.00 bits per heavy atom. The first kappa shape index (κ1) is 19.4. The minimum Gasteiger partial charge on any atom is -0.394 e. The van der Waals surface area contributed by atoms with E-state index in [1.165, 1.54) is 18.5 Å². The monoisotopic (exact) mass is 410 g/mol. The van der Waals surface area contributed by atoms with Gasteiger partial charge in [0.1, 0.15) is 22.8 Å². The summed E-state index contributed by atoms with van der Waals surface area (Å²) >= 11 is 1.56. The van der Waals surface area contributed by atoms with Gasteiger partial charge in [-0.2, -0.15) is 0 Å². The number of halogens is 1. The Kier molecular flexibility index (Phi) is 6.04. The molecule has 0 aliphatic heterocycles. The van der Waals surface area contributed by atoms with Crippen LogP contribution in [0.15, 0.2) is 55.1 Å². The van der Waals surface area contributed by atoms with E-state index in [1.807, 2.05) is 12.1 Å². The molecule has 1 aromatic carbocycles. The summed E-state index contributed by atoms with van der Waals surface area (Å²) in [7, 11) is 0. The first-order chi connectivity index (χ1) is 14.3. The molecule has 6 nitrogen and oxygen atoms in total. The van der Waals surface area contributed by atoms with Gasteiger partial charge in [0, 0.05) is 29.4 Å². The standard InChI is InChI=1S/C21H19FN4O2S/c22-16-3-1-14(2-4-16)17-18-20(24-9-11-28-12-10-27)25-13-26-21(18)29-19(17)15-5-7-23-8-6-15/h1-8,13,27H,9-12H2,(H,24,25,26). The molecule has 29 heavy (non-hydrogen) atoms. The number of thiophene rings is 1. The fraction of sp³-hybridized carbons (Fsp3) is 0.190. The number of hydrogen-bond donors (Lipinski definition) is 2. The van der Waals surface area contributed by atoms with Crippen LogP contribution < -0.4 is 5.32 Å². The van der Waals surface area contributed by atoms with Gasteiger partial charge in [0.05, 0.1) is 25.2 Å². The molecule has 4 rings (SSSR count). The molecule has 4 aromatic rings. The van der Waals surface area contributed by atoms with Gasteiger partial charge in [0.2, 0.25) is 0 Å². The molecule has 148 valence electrons. The summed E-state index contributed by atoms with van der Waals surface area (Å²) in [5, 5.41) is 13.0. The number of pyridine rings is 1. The van der Waals surface area contributed by atoms with Gasteiger partial charge in [0.15, 0.2) is 0 Å². The van der Waals surface area contributed by atoms with Crippen molar-refractivity contribution in [1.82, 2.24) is 15.0 Å². The molecule has 0 spiro atoms. The predicted octanol–water partition coefficient (Wildman–Crippen LogP) is 3.98.